The number of hydrogen-bond donors (Lipinski definition) is 3. The molecule has 5 nitrogen and oxygen atoms in total. The number of amides is 2. The summed E-state index contributed by atoms with van der Waals surface area (Å²) in [6.45, 7) is 4.36. The number of aliphatic carboxylic acids is 1. The van der Waals surface area contributed by atoms with Crippen molar-refractivity contribution in [2.24, 2.45) is 5.92 Å². The highest BCUT2D eigenvalue weighted by Gasteiger charge is 2.31. The number of carboxylic acid groups (broad SMARTS) is 1. The average Bonchev–Trinajstić information content (AvgIpc) is 2.09. The van der Waals surface area contributed by atoms with Crippen molar-refractivity contribution in [2.75, 3.05) is 0 Å². The van der Waals surface area contributed by atoms with Gasteiger partial charge in [0.25, 0.3) is 0 Å². The third-order valence-corrected chi connectivity index (χ3v) is 2.13. The molecule has 0 heterocycles. The van der Waals surface area contributed by atoms with Crippen molar-refractivity contribution in [1.82, 2.24) is 10.6 Å². The van der Waals surface area contributed by atoms with Crippen LogP contribution in [0.1, 0.15) is 27.2 Å². The summed E-state index contributed by atoms with van der Waals surface area (Å²) >= 11 is 0. The van der Waals surface area contributed by atoms with Crippen LogP contribution >= 0.6 is 0 Å². The molecule has 0 spiro atoms. The molecule has 0 aromatic carbocycles. The predicted molar refractivity (Wildman–Crippen MR) is 58.1 cm³/mol. The van der Waals surface area contributed by atoms with E-state index in [4.69, 9.17) is 5.11 Å². The summed E-state index contributed by atoms with van der Waals surface area (Å²) in [4.78, 5) is 22.1. The van der Waals surface area contributed by atoms with Gasteiger partial charge in [0.05, 0.1) is 6.42 Å². The molecule has 0 aromatic rings. The second kappa shape index (κ2) is 6.46. The Morgan fingerprint density at radius 3 is 2.00 bits per heavy atom. The smallest absolute Gasteiger partial charge is 0.391 e. The second-order valence-corrected chi connectivity index (χ2v) is 4.40. The molecule has 0 saturated carbocycles. The number of rotatable bonds is 5. The van der Waals surface area contributed by atoms with E-state index in [-0.39, 0.29) is 5.92 Å². The van der Waals surface area contributed by atoms with Crippen molar-refractivity contribution in [2.45, 2.75) is 45.5 Å². The Kier molecular flexibility index (Phi) is 5.93. The molecule has 0 rings (SSSR count). The summed E-state index contributed by atoms with van der Waals surface area (Å²) in [5.41, 5.74) is 0. The first kappa shape index (κ1) is 16.5. The van der Waals surface area contributed by atoms with E-state index in [1.54, 1.807) is 13.8 Å². The topological polar surface area (TPSA) is 78.4 Å². The van der Waals surface area contributed by atoms with Gasteiger partial charge < -0.3 is 15.7 Å². The molecule has 3 N–H and O–H groups in total. The van der Waals surface area contributed by atoms with Crippen molar-refractivity contribution in [3.05, 3.63) is 0 Å². The number of halogens is 3. The summed E-state index contributed by atoms with van der Waals surface area (Å²) in [7, 11) is 0. The van der Waals surface area contributed by atoms with Gasteiger partial charge in [-0.05, 0) is 12.8 Å². The van der Waals surface area contributed by atoms with Gasteiger partial charge in [-0.15, -0.1) is 0 Å². The minimum absolute atomic E-state index is 0.369. The molecule has 0 radical (unpaired) electrons. The van der Waals surface area contributed by atoms with Crippen LogP contribution in [0, 0.1) is 5.92 Å². The number of hydrogen-bond acceptors (Lipinski definition) is 2. The Labute approximate surface area is 103 Å². The molecule has 0 bridgehead atoms. The first-order chi connectivity index (χ1) is 8.03. The fourth-order valence-corrected chi connectivity index (χ4v) is 1.32. The van der Waals surface area contributed by atoms with E-state index in [1.165, 1.54) is 6.92 Å². The molecule has 1 unspecified atom stereocenters. The van der Waals surface area contributed by atoms with Gasteiger partial charge in [0.1, 0.15) is 6.04 Å². The average molecular weight is 270 g/mol. The van der Waals surface area contributed by atoms with Gasteiger partial charge in [-0.1, -0.05) is 13.8 Å². The molecule has 18 heavy (non-hydrogen) atoms. The summed E-state index contributed by atoms with van der Waals surface area (Å²) in [6.07, 6.45) is -5.54. The van der Waals surface area contributed by atoms with Crippen LogP contribution in [0.3, 0.4) is 0 Å². The number of urea groups is 1. The van der Waals surface area contributed by atoms with Gasteiger partial charge >= 0.3 is 18.2 Å². The fourth-order valence-electron chi connectivity index (χ4n) is 1.32. The lowest BCUT2D eigenvalue weighted by molar-refractivity contribution is -0.141. The van der Waals surface area contributed by atoms with Gasteiger partial charge in [-0.2, -0.15) is 13.2 Å². The molecule has 0 aliphatic carbocycles. The molecule has 0 saturated heterocycles. The molecule has 2 atom stereocenters. The minimum Gasteiger partial charge on any atom is -0.480 e. The lowest BCUT2D eigenvalue weighted by Gasteiger charge is -2.21. The molecule has 2 amide bonds. The Morgan fingerprint density at radius 2 is 1.67 bits per heavy atom. The first-order valence-electron chi connectivity index (χ1n) is 5.39. The van der Waals surface area contributed by atoms with Crippen molar-refractivity contribution in [3.63, 3.8) is 0 Å². The van der Waals surface area contributed by atoms with Gasteiger partial charge in [-0.3, -0.25) is 0 Å². The predicted octanol–water partition coefficient (Wildman–Crippen LogP) is 1.74. The molecule has 0 aliphatic rings. The molecule has 0 aromatic heterocycles. The van der Waals surface area contributed by atoms with Crippen LogP contribution in [0.4, 0.5) is 18.0 Å². The standard InChI is InChI=1S/C10H17F3N2O3/c1-5(2)7(8(16)17)15-9(18)14-6(3)4-10(11,12)13/h5-7H,4H2,1-3H3,(H,16,17)(H2,14,15,18)/t6?,7-/m1/s1. The van der Waals surface area contributed by atoms with E-state index in [0.717, 1.165) is 0 Å². The van der Waals surface area contributed by atoms with Crippen molar-refractivity contribution >= 4 is 12.0 Å². The van der Waals surface area contributed by atoms with Gasteiger partial charge in [0.15, 0.2) is 0 Å². The molecular formula is C10H17F3N2O3. The minimum atomic E-state index is -4.38. The Balaban J connectivity index is 4.29. The molecule has 106 valence electrons. The molecule has 8 heteroatoms. The van der Waals surface area contributed by atoms with Crippen LogP contribution in [-0.4, -0.2) is 35.4 Å². The molecular weight excluding hydrogens is 253 g/mol. The number of carboxylic acids is 1. The molecule has 0 fully saturated rings. The van der Waals surface area contributed by atoms with E-state index in [2.05, 4.69) is 5.32 Å². The summed E-state index contributed by atoms with van der Waals surface area (Å²) < 4.78 is 36.0. The highest BCUT2D eigenvalue weighted by Crippen LogP contribution is 2.21. The zero-order valence-electron chi connectivity index (χ0n) is 10.3. The Morgan fingerprint density at radius 1 is 1.17 bits per heavy atom. The van der Waals surface area contributed by atoms with Gasteiger partial charge in [-0.25, -0.2) is 9.59 Å². The third-order valence-electron chi connectivity index (χ3n) is 2.13. The number of carbonyl (C=O) groups excluding carboxylic acids is 1. The van der Waals surface area contributed by atoms with Crippen LogP contribution in [-0.2, 0) is 4.79 Å². The zero-order valence-corrected chi connectivity index (χ0v) is 10.3. The third kappa shape index (κ3) is 6.97. The largest absolute Gasteiger partial charge is 0.480 e. The van der Waals surface area contributed by atoms with Gasteiger partial charge in [0.2, 0.25) is 0 Å². The lowest BCUT2D eigenvalue weighted by Crippen LogP contribution is -2.51. The highest BCUT2D eigenvalue weighted by molar-refractivity contribution is 5.82. The van der Waals surface area contributed by atoms with Crippen LogP contribution in [0.15, 0.2) is 0 Å². The highest BCUT2D eigenvalue weighted by atomic mass is 19.4. The number of nitrogens with one attached hydrogen (secondary N) is 2. The van der Waals surface area contributed by atoms with E-state index < -0.39 is 36.7 Å². The number of carbonyl (C=O) groups is 2. The zero-order chi connectivity index (χ0) is 14.5. The van der Waals surface area contributed by atoms with E-state index >= 15 is 0 Å². The van der Waals surface area contributed by atoms with E-state index in [0.29, 0.717) is 0 Å². The van der Waals surface area contributed by atoms with E-state index in [1.807, 2.05) is 5.32 Å². The Bertz CT molecular complexity index is 305. The molecule has 0 aliphatic heterocycles. The second-order valence-electron chi connectivity index (χ2n) is 4.40. The van der Waals surface area contributed by atoms with Crippen LogP contribution in [0.25, 0.3) is 0 Å². The fraction of sp³-hybridized carbons (Fsp3) is 0.800. The van der Waals surface area contributed by atoms with Crippen molar-refractivity contribution < 1.29 is 27.9 Å². The maximum atomic E-state index is 12.0. The quantitative estimate of drug-likeness (QED) is 0.712. The maximum Gasteiger partial charge on any atom is 0.391 e. The van der Waals surface area contributed by atoms with Crippen molar-refractivity contribution in [3.8, 4) is 0 Å². The van der Waals surface area contributed by atoms with Crippen LogP contribution < -0.4 is 10.6 Å². The van der Waals surface area contributed by atoms with Crippen LogP contribution in [0.5, 0.6) is 0 Å². The summed E-state index contributed by atoms with van der Waals surface area (Å²) in [6, 6.07) is -3.18. The summed E-state index contributed by atoms with van der Waals surface area (Å²) in [5.74, 6) is -1.60. The normalized spacial score (nSPS) is 15.1. The summed E-state index contributed by atoms with van der Waals surface area (Å²) in [5, 5.41) is 12.9. The van der Waals surface area contributed by atoms with Crippen molar-refractivity contribution in [1.29, 1.82) is 0 Å². The Hall–Kier alpha value is -1.47. The lowest BCUT2D eigenvalue weighted by atomic mass is 10.1. The SMILES string of the molecule is CC(CC(F)(F)F)NC(=O)N[C@@H](C(=O)O)C(C)C. The maximum absolute atomic E-state index is 12.0. The van der Waals surface area contributed by atoms with Crippen LogP contribution in [0.2, 0.25) is 0 Å². The van der Waals surface area contributed by atoms with Gasteiger partial charge in [0, 0.05) is 6.04 Å². The first-order valence-corrected chi connectivity index (χ1v) is 5.39. The van der Waals surface area contributed by atoms with E-state index in [9.17, 15) is 22.8 Å². The number of alkyl halides is 3. The monoisotopic (exact) mass is 270 g/mol.